The molecule has 4 aromatic rings. The zero-order valence-electron chi connectivity index (χ0n) is 21.5. The lowest BCUT2D eigenvalue weighted by Crippen LogP contribution is -2.33. The van der Waals surface area contributed by atoms with E-state index >= 15 is 0 Å². The molecule has 0 aliphatic carbocycles. The first-order valence-corrected chi connectivity index (χ1v) is 12.5. The highest BCUT2D eigenvalue weighted by atomic mass is 16.2. The van der Waals surface area contributed by atoms with Crippen molar-refractivity contribution in [1.29, 1.82) is 5.26 Å². The van der Waals surface area contributed by atoms with Crippen LogP contribution in [-0.2, 0) is 13.6 Å². The molecule has 1 aliphatic heterocycles. The van der Waals surface area contributed by atoms with Crippen LogP contribution < -0.4 is 5.73 Å². The molecule has 0 radical (unpaired) electrons. The minimum absolute atomic E-state index is 0.0328. The lowest BCUT2D eigenvalue weighted by atomic mass is 9.89. The van der Waals surface area contributed by atoms with Gasteiger partial charge in [0.05, 0.1) is 11.6 Å². The molecule has 0 saturated carbocycles. The first-order valence-electron chi connectivity index (χ1n) is 12.5. The summed E-state index contributed by atoms with van der Waals surface area (Å²) in [7, 11) is 5.60. The molecule has 0 atom stereocenters. The second-order valence-electron chi connectivity index (χ2n) is 9.93. The molecule has 5 rings (SSSR count). The smallest absolute Gasteiger partial charge is 0.253 e. The van der Waals surface area contributed by atoms with Crippen molar-refractivity contribution >= 4 is 22.8 Å². The number of hydrogen-bond donors (Lipinski definition) is 1. The quantitative estimate of drug-likeness (QED) is 0.447. The molecule has 2 N–H and O–H groups in total. The van der Waals surface area contributed by atoms with E-state index in [0.717, 1.165) is 60.2 Å². The van der Waals surface area contributed by atoms with Gasteiger partial charge in [0.15, 0.2) is 0 Å². The number of hydrogen-bond acceptors (Lipinski definition) is 6. The van der Waals surface area contributed by atoms with Crippen molar-refractivity contribution in [3.63, 3.8) is 0 Å². The molecule has 1 aromatic carbocycles. The molecule has 1 fully saturated rings. The fourth-order valence-corrected chi connectivity index (χ4v) is 5.25. The highest BCUT2D eigenvalue weighted by molar-refractivity contribution is 5.95. The number of piperidine rings is 1. The van der Waals surface area contributed by atoms with Crippen molar-refractivity contribution in [3.05, 3.63) is 77.2 Å². The lowest BCUT2D eigenvalue weighted by Gasteiger charge is -2.32. The van der Waals surface area contributed by atoms with Gasteiger partial charge in [0.2, 0.25) is 0 Å². The Hall–Kier alpha value is -4.22. The van der Waals surface area contributed by atoms with Crippen LogP contribution in [0.5, 0.6) is 0 Å². The summed E-state index contributed by atoms with van der Waals surface area (Å²) in [5, 5.41) is 10.6. The van der Waals surface area contributed by atoms with Crippen LogP contribution in [0.3, 0.4) is 0 Å². The van der Waals surface area contributed by atoms with Gasteiger partial charge in [0, 0.05) is 62.3 Å². The van der Waals surface area contributed by atoms with E-state index in [9.17, 15) is 10.1 Å². The van der Waals surface area contributed by atoms with Crippen molar-refractivity contribution in [2.24, 2.45) is 7.05 Å². The van der Waals surface area contributed by atoms with E-state index in [1.54, 1.807) is 37.5 Å². The average Bonchev–Trinajstić information content (AvgIpc) is 3.23. The molecular weight excluding hydrogens is 462 g/mol. The zero-order chi connectivity index (χ0) is 26.1. The number of aryl methyl sites for hydroxylation is 1. The van der Waals surface area contributed by atoms with Crippen LogP contribution in [0, 0.1) is 11.3 Å². The topological polar surface area (TPSA) is 104 Å². The van der Waals surface area contributed by atoms with E-state index in [-0.39, 0.29) is 5.91 Å². The van der Waals surface area contributed by atoms with Crippen molar-refractivity contribution in [2.45, 2.75) is 25.3 Å². The minimum Gasteiger partial charge on any atom is -0.384 e. The fourth-order valence-electron chi connectivity index (χ4n) is 5.25. The van der Waals surface area contributed by atoms with Gasteiger partial charge < -0.3 is 15.2 Å². The molecule has 37 heavy (non-hydrogen) atoms. The number of carbonyl (C=O) groups excluding carboxylic acids is 1. The van der Waals surface area contributed by atoms with E-state index in [1.807, 2.05) is 25.2 Å². The Kier molecular flexibility index (Phi) is 6.64. The Labute approximate surface area is 217 Å². The molecule has 0 spiro atoms. The van der Waals surface area contributed by atoms with Gasteiger partial charge >= 0.3 is 0 Å². The third-order valence-corrected chi connectivity index (χ3v) is 7.37. The van der Waals surface area contributed by atoms with Crippen molar-refractivity contribution in [3.8, 4) is 17.2 Å². The first-order chi connectivity index (χ1) is 17.9. The van der Waals surface area contributed by atoms with Crippen LogP contribution in [0.15, 0.2) is 54.9 Å². The lowest BCUT2D eigenvalue weighted by molar-refractivity contribution is 0.0827. The number of nitriles is 1. The number of benzene rings is 1. The van der Waals surface area contributed by atoms with Crippen molar-refractivity contribution in [1.82, 2.24) is 24.3 Å². The van der Waals surface area contributed by atoms with Crippen LogP contribution >= 0.6 is 0 Å². The number of nitrogen functional groups attached to an aromatic ring is 1. The number of carbonyl (C=O) groups is 1. The minimum atomic E-state index is 0.0328. The Morgan fingerprint density at radius 1 is 1.11 bits per heavy atom. The number of anilines is 1. The van der Waals surface area contributed by atoms with Gasteiger partial charge in [-0.15, -0.1) is 0 Å². The molecular formula is C29H31N7O. The molecule has 3 aromatic heterocycles. The van der Waals surface area contributed by atoms with Gasteiger partial charge in [0.25, 0.3) is 5.91 Å². The van der Waals surface area contributed by atoms with Crippen LogP contribution in [0.4, 0.5) is 5.82 Å². The van der Waals surface area contributed by atoms with Gasteiger partial charge in [-0.25, -0.2) is 9.97 Å². The summed E-state index contributed by atoms with van der Waals surface area (Å²) < 4.78 is 2.14. The molecule has 0 bridgehead atoms. The number of likely N-dealkylation sites (tertiary alicyclic amines) is 1. The predicted octanol–water partition coefficient (Wildman–Crippen LogP) is 4.17. The van der Waals surface area contributed by atoms with E-state index in [0.29, 0.717) is 17.3 Å². The second kappa shape index (κ2) is 10.0. The molecule has 1 aliphatic rings. The summed E-state index contributed by atoms with van der Waals surface area (Å²) in [5.74, 6) is 0.870. The van der Waals surface area contributed by atoms with Crippen LogP contribution in [0.25, 0.3) is 22.2 Å². The molecule has 188 valence electrons. The van der Waals surface area contributed by atoms with Crippen LogP contribution in [0.1, 0.15) is 45.9 Å². The number of rotatable bonds is 5. The maximum atomic E-state index is 12.2. The van der Waals surface area contributed by atoms with E-state index < -0.39 is 0 Å². The Balaban J connectivity index is 1.31. The van der Waals surface area contributed by atoms with Gasteiger partial charge in [-0.2, -0.15) is 5.26 Å². The third-order valence-electron chi connectivity index (χ3n) is 7.37. The fraction of sp³-hybridized carbons (Fsp3) is 0.310. The molecule has 8 heteroatoms. The highest BCUT2D eigenvalue weighted by Crippen LogP contribution is 2.33. The Morgan fingerprint density at radius 2 is 1.84 bits per heavy atom. The number of pyridine rings is 2. The number of aromatic nitrogens is 3. The summed E-state index contributed by atoms with van der Waals surface area (Å²) in [6.07, 6.45) is 5.61. The Bertz CT molecular complexity index is 1490. The standard InChI is InChI=1S/C29H31N7O/c1-34(2)29(37)21-6-4-19(5-7-21)20-9-12-36(13-10-20)18-23-15-25-24(8-11-32-28(25)35(23)3)26-17-33-27(31)14-22(26)16-30/h4-8,11,14-15,17,20H,9-10,12-13,18H2,1-3H3,(H2,31,33). The summed E-state index contributed by atoms with van der Waals surface area (Å²) in [6, 6.07) is 16.1. The number of nitrogens with zero attached hydrogens (tertiary/aromatic N) is 6. The normalized spacial score (nSPS) is 14.5. The van der Waals surface area contributed by atoms with Crippen molar-refractivity contribution in [2.75, 3.05) is 32.9 Å². The number of amides is 1. The molecule has 8 nitrogen and oxygen atoms in total. The highest BCUT2D eigenvalue weighted by Gasteiger charge is 2.23. The van der Waals surface area contributed by atoms with Gasteiger partial charge in [0.1, 0.15) is 11.5 Å². The van der Waals surface area contributed by atoms with E-state index in [2.05, 4.69) is 43.7 Å². The predicted molar refractivity (Wildman–Crippen MR) is 145 cm³/mol. The number of fused-ring (bicyclic) bond motifs is 1. The molecule has 4 heterocycles. The molecule has 1 amide bonds. The summed E-state index contributed by atoms with van der Waals surface area (Å²) in [4.78, 5) is 25.1. The van der Waals surface area contributed by atoms with Gasteiger partial charge in [-0.3, -0.25) is 9.69 Å². The summed E-state index contributed by atoms with van der Waals surface area (Å²) >= 11 is 0. The van der Waals surface area contributed by atoms with Crippen LogP contribution in [0.2, 0.25) is 0 Å². The maximum Gasteiger partial charge on any atom is 0.253 e. The summed E-state index contributed by atoms with van der Waals surface area (Å²) in [5.41, 5.74) is 12.1. The van der Waals surface area contributed by atoms with E-state index in [1.165, 1.54) is 11.3 Å². The second-order valence-corrected chi connectivity index (χ2v) is 9.93. The maximum absolute atomic E-state index is 12.2. The average molecular weight is 494 g/mol. The first kappa shape index (κ1) is 24.5. The molecule has 1 saturated heterocycles. The molecule has 0 unspecified atom stereocenters. The van der Waals surface area contributed by atoms with Gasteiger partial charge in [-0.05, 0) is 73.3 Å². The number of nitrogens with two attached hydrogens (primary N) is 1. The SMILES string of the molecule is CN(C)C(=O)c1ccc(C2CCN(Cc3cc4c(-c5cnc(N)cc5C#N)ccnc4n3C)CC2)cc1. The van der Waals surface area contributed by atoms with Gasteiger partial charge in [-0.1, -0.05) is 12.1 Å². The van der Waals surface area contributed by atoms with E-state index in [4.69, 9.17) is 5.73 Å². The van der Waals surface area contributed by atoms with Crippen molar-refractivity contribution < 1.29 is 4.79 Å². The van der Waals surface area contributed by atoms with Crippen LogP contribution in [-0.4, -0.2) is 57.4 Å². The monoisotopic (exact) mass is 493 g/mol. The zero-order valence-corrected chi connectivity index (χ0v) is 21.5. The largest absolute Gasteiger partial charge is 0.384 e. The Morgan fingerprint density at radius 3 is 2.51 bits per heavy atom. The summed E-state index contributed by atoms with van der Waals surface area (Å²) in [6.45, 7) is 2.84. The third kappa shape index (κ3) is 4.78.